The van der Waals surface area contributed by atoms with Crippen LogP contribution in [0.1, 0.15) is 22.8 Å². The van der Waals surface area contributed by atoms with Gasteiger partial charge < -0.3 is 9.64 Å². The van der Waals surface area contributed by atoms with Gasteiger partial charge in [-0.3, -0.25) is 4.79 Å². The van der Waals surface area contributed by atoms with E-state index in [-0.39, 0.29) is 29.7 Å². The summed E-state index contributed by atoms with van der Waals surface area (Å²) in [5, 5.41) is 8.21. The van der Waals surface area contributed by atoms with Gasteiger partial charge in [-0.2, -0.15) is 39.9 Å². The molecular formula is C21H20F3N5O2S. The number of amides is 1. The third-order valence-electron chi connectivity index (χ3n) is 5.02. The Bertz CT molecular complexity index is 1060. The highest BCUT2D eigenvalue weighted by Gasteiger charge is 2.33. The zero-order valence-electron chi connectivity index (χ0n) is 17.1. The van der Waals surface area contributed by atoms with Crippen molar-refractivity contribution in [2.45, 2.75) is 24.4 Å². The van der Waals surface area contributed by atoms with Gasteiger partial charge in [-0.1, -0.05) is 12.1 Å². The Labute approximate surface area is 186 Å². The first-order valence-corrected chi connectivity index (χ1v) is 10.9. The second kappa shape index (κ2) is 9.19. The van der Waals surface area contributed by atoms with Gasteiger partial charge in [0.05, 0.1) is 34.5 Å². The Morgan fingerprint density at radius 3 is 2.62 bits per heavy atom. The van der Waals surface area contributed by atoms with Crippen molar-refractivity contribution < 1.29 is 22.7 Å². The summed E-state index contributed by atoms with van der Waals surface area (Å²) in [6, 6.07) is 9.29. The van der Waals surface area contributed by atoms with Crippen molar-refractivity contribution in [3.8, 4) is 11.6 Å². The monoisotopic (exact) mass is 463 g/mol. The molecule has 1 amide bonds. The number of para-hydroxylation sites is 1. The zero-order chi connectivity index (χ0) is 22.7. The van der Waals surface area contributed by atoms with Gasteiger partial charge in [-0.25, -0.2) is 4.98 Å². The van der Waals surface area contributed by atoms with E-state index in [4.69, 9.17) is 4.74 Å². The summed E-state index contributed by atoms with van der Waals surface area (Å²) in [6.07, 6.45) is -0.598. The number of aromatic nitrogens is 4. The van der Waals surface area contributed by atoms with E-state index in [0.717, 1.165) is 12.3 Å². The average molecular weight is 463 g/mol. The number of thioether (sulfide) groups is 1. The maximum Gasteiger partial charge on any atom is 0.417 e. The minimum atomic E-state index is -4.44. The van der Waals surface area contributed by atoms with Gasteiger partial charge in [-0.15, -0.1) is 0 Å². The predicted octanol–water partition coefficient (Wildman–Crippen LogP) is 3.71. The van der Waals surface area contributed by atoms with Crippen LogP contribution in [0.15, 0.2) is 55.0 Å². The number of halogens is 3. The highest BCUT2D eigenvalue weighted by atomic mass is 32.2. The molecule has 11 heteroatoms. The van der Waals surface area contributed by atoms with E-state index < -0.39 is 11.7 Å². The molecular weight excluding hydrogens is 443 g/mol. The van der Waals surface area contributed by atoms with Crippen LogP contribution in [0.3, 0.4) is 0 Å². The molecule has 7 nitrogen and oxygen atoms in total. The number of benzene rings is 1. The highest BCUT2D eigenvalue weighted by molar-refractivity contribution is 8.00. The molecule has 0 N–H and O–H groups in total. The van der Waals surface area contributed by atoms with Crippen LogP contribution in [-0.4, -0.2) is 61.0 Å². The number of carbonyl (C=O) groups excluding carboxylic acids is 1. The van der Waals surface area contributed by atoms with E-state index in [0.29, 0.717) is 23.5 Å². The molecule has 1 saturated heterocycles. The molecule has 0 spiro atoms. The number of hydrogen-bond acceptors (Lipinski definition) is 6. The predicted molar refractivity (Wildman–Crippen MR) is 113 cm³/mol. The lowest BCUT2D eigenvalue weighted by molar-refractivity contribution is -0.137. The minimum Gasteiger partial charge on any atom is -0.476 e. The largest absolute Gasteiger partial charge is 0.476 e. The van der Waals surface area contributed by atoms with Gasteiger partial charge in [0.25, 0.3) is 5.91 Å². The van der Waals surface area contributed by atoms with Gasteiger partial charge in [-0.05, 0) is 25.1 Å². The SMILES string of the molecule is C[C@@H]1CS[C@@H](COc2ccc(C(F)(F)F)cn2)CN1C(=O)c1ccccc1-n1nccn1. The summed E-state index contributed by atoms with van der Waals surface area (Å²) in [5.41, 5.74) is 0.258. The van der Waals surface area contributed by atoms with Crippen molar-refractivity contribution in [1.29, 1.82) is 0 Å². The molecule has 2 atom stereocenters. The van der Waals surface area contributed by atoms with Gasteiger partial charge in [0, 0.05) is 30.6 Å². The molecule has 32 heavy (non-hydrogen) atoms. The summed E-state index contributed by atoms with van der Waals surface area (Å²) in [6.45, 7) is 2.64. The lowest BCUT2D eigenvalue weighted by Gasteiger charge is -2.37. The number of alkyl halides is 3. The van der Waals surface area contributed by atoms with E-state index in [9.17, 15) is 18.0 Å². The van der Waals surface area contributed by atoms with Crippen molar-refractivity contribution in [2.75, 3.05) is 18.9 Å². The third kappa shape index (κ3) is 4.87. The van der Waals surface area contributed by atoms with Crippen LogP contribution in [0.25, 0.3) is 5.69 Å². The van der Waals surface area contributed by atoms with Crippen molar-refractivity contribution in [1.82, 2.24) is 24.9 Å². The average Bonchev–Trinajstić information content (AvgIpc) is 3.33. The van der Waals surface area contributed by atoms with Crippen molar-refractivity contribution >= 4 is 17.7 Å². The number of nitrogens with zero attached hydrogens (tertiary/aromatic N) is 5. The molecule has 0 saturated carbocycles. The Hall–Kier alpha value is -3.08. The molecule has 1 aromatic carbocycles. The van der Waals surface area contributed by atoms with E-state index in [1.54, 1.807) is 47.3 Å². The van der Waals surface area contributed by atoms with Crippen LogP contribution in [0.5, 0.6) is 5.88 Å². The first kappa shape index (κ1) is 22.1. The number of hydrogen-bond donors (Lipinski definition) is 0. The van der Waals surface area contributed by atoms with Gasteiger partial charge in [0.1, 0.15) is 6.61 Å². The van der Waals surface area contributed by atoms with Crippen LogP contribution in [0.4, 0.5) is 13.2 Å². The maximum absolute atomic E-state index is 13.4. The van der Waals surface area contributed by atoms with E-state index in [2.05, 4.69) is 15.2 Å². The number of rotatable bonds is 5. The van der Waals surface area contributed by atoms with Gasteiger partial charge in [0.2, 0.25) is 5.88 Å². The van der Waals surface area contributed by atoms with Crippen LogP contribution in [-0.2, 0) is 6.18 Å². The summed E-state index contributed by atoms with van der Waals surface area (Å²) >= 11 is 1.66. The molecule has 3 aromatic rings. The number of pyridine rings is 1. The summed E-state index contributed by atoms with van der Waals surface area (Å²) in [5.74, 6) is 0.691. The minimum absolute atomic E-state index is 0.00609. The lowest BCUT2D eigenvalue weighted by Crippen LogP contribution is -2.49. The molecule has 0 bridgehead atoms. The van der Waals surface area contributed by atoms with Crippen molar-refractivity contribution in [3.63, 3.8) is 0 Å². The van der Waals surface area contributed by atoms with Crippen LogP contribution < -0.4 is 4.74 Å². The summed E-state index contributed by atoms with van der Waals surface area (Å²) < 4.78 is 43.6. The Balaban J connectivity index is 1.43. The fourth-order valence-electron chi connectivity index (χ4n) is 3.34. The summed E-state index contributed by atoms with van der Waals surface area (Å²) in [4.78, 5) is 20.3. The normalized spacial score (nSPS) is 19.1. The van der Waals surface area contributed by atoms with Crippen LogP contribution in [0, 0.1) is 0 Å². The molecule has 1 aliphatic rings. The Morgan fingerprint density at radius 1 is 1.19 bits per heavy atom. The molecule has 2 aromatic heterocycles. The number of carbonyl (C=O) groups is 1. The van der Waals surface area contributed by atoms with E-state index in [1.165, 1.54) is 10.9 Å². The third-order valence-corrected chi connectivity index (χ3v) is 6.45. The van der Waals surface area contributed by atoms with Crippen LogP contribution >= 0.6 is 11.8 Å². The molecule has 0 unspecified atom stereocenters. The fourth-order valence-corrected chi connectivity index (χ4v) is 4.50. The highest BCUT2D eigenvalue weighted by Crippen LogP contribution is 2.30. The van der Waals surface area contributed by atoms with Gasteiger partial charge in [0.15, 0.2) is 0 Å². The second-order valence-electron chi connectivity index (χ2n) is 7.29. The molecule has 1 aliphatic heterocycles. The molecule has 0 radical (unpaired) electrons. The quantitative estimate of drug-likeness (QED) is 0.575. The second-order valence-corrected chi connectivity index (χ2v) is 8.62. The zero-order valence-corrected chi connectivity index (χ0v) is 17.9. The summed E-state index contributed by atoms with van der Waals surface area (Å²) in [7, 11) is 0. The van der Waals surface area contributed by atoms with E-state index in [1.807, 2.05) is 13.0 Å². The molecule has 3 heterocycles. The Kier molecular flexibility index (Phi) is 6.35. The number of ether oxygens (including phenoxy) is 1. The fraction of sp³-hybridized carbons (Fsp3) is 0.333. The maximum atomic E-state index is 13.4. The van der Waals surface area contributed by atoms with E-state index >= 15 is 0 Å². The first-order chi connectivity index (χ1) is 15.3. The van der Waals surface area contributed by atoms with Gasteiger partial charge >= 0.3 is 6.18 Å². The lowest BCUT2D eigenvalue weighted by atomic mass is 10.1. The molecule has 0 aliphatic carbocycles. The molecule has 1 fully saturated rings. The van der Waals surface area contributed by atoms with Crippen LogP contribution in [0.2, 0.25) is 0 Å². The first-order valence-electron chi connectivity index (χ1n) is 9.87. The molecule has 168 valence electrons. The van der Waals surface area contributed by atoms with Crippen molar-refractivity contribution in [3.05, 3.63) is 66.1 Å². The standard InChI is InChI=1S/C21H20F3N5O2S/c1-14-13-32-16(12-31-19-7-6-15(10-25-19)21(22,23)24)11-28(14)20(30)17-4-2-3-5-18(17)29-26-8-9-27-29/h2-10,14,16H,11-13H2,1H3/t14-,16-/m1/s1. The Morgan fingerprint density at radius 2 is 1.94 bits per heavy atom. The smallest absolute Gasteiger partial charge is 0.417 e. The van der Waals surface area contributed by atoms with Crippen molar-refractivity contribution in [2.24, 2.45) is 0 Å². The molecule has 4 rings (SSSR count). The topological polar surface area (TPSA) is 73.1 Å².